The number of benzene rings is 1. The zero-order chi connectivity index (χ0) is 19.4. The third-order valence-corrected chi connectivity index (χ3v) is 4.23. The lowest BCUT2D eigenvalue weighted by Gasteiger charge is -2.12. The number of para-hydroxylation sites is 1. The Morgan fingerprint density at radius 1 is 1.22 bits per heavy atom. The quantitative estimate of drug-likeness (QED) is 0.655. The summed E-state index contributed by atoms with van der Waals surface area (Å²) in [5.74, 6) is 0.960. The maximum Gasteiger partial charge on any atom is 0.258 e. The van der Waals surface area contributed by atoms with Crippen LogP contribution in [0.3, 0.4) is 0 Å². The van der Waals surface area contributed by atoms with E-state index >= 15 is 0 Å². The van der Waals surface area contributed by atoms with E-state index in [0.29, 0.717) is 29.3 Å². The van der Waals surface area contributed by atoms with E-state index in [1.165, 1.54) is 0 Å². The van der Waals surface area contributed by atoms with E-state index in [2.05, 4.69) is 15.4 Å². The van der Waals surface area contributed by atoms with Crippen LogP contribution in [0.5, 0.6) is 11.5 Å². The second kappa shape index (κ2) is 8.09. The molecule has 0 fully saturated rings. The van der Waals surface area contributed by atoms with Crippen molar-refractivity contribution < 1.29 is 14.3 Å². The number of amides is 1. The Morgan fingerprint density at radius 2 is 2.04 bits per heavy atom. The van der Waals surface area contributed by atoms with Gasteiger partial charge in [-0.1, -0.05) is 23.7 Å². The minimum Gasteiger partial charge on any atom is -0.493 e. The zero-order valence-electron chi connectivity index (χ0n) is 15.2. The number of hydrogen-bond donors (Lipinski definition) is 1. The summed E-state index contributed by atoms with van der Waals surface area (Å²) in [5, 5.41) is 7.22. The van der Waals surface area contributed by atoms with Gasteiger partial charge in [0.15, 0.2) is 11.5 Å². The van der Waals surface area contributed by atoms with Gasteiger partial charge in [0.2, 0.25) is 0 Å². The van der Waals surface area contributed by atoms with Gasteiger partial charge < -0.3 is 14.8 Å². The Balaban J connectivity index is 1.75. The predicted octanol–water partition coefficient (Wildman–Crippen LogP) is 3.56. The molecule has 3 rings (SSSR count). The third kappa shape index (κ3) is 4.20. The molecule has 0 aliphatic rings. The fourth-order valence-electron chi connectivity index (χ4n) is 2.66. The average Bonchev–Trinajstić information content (AvgIpc) is 3.08. The van der Waals surface area contributed by atoms with Crippen molar-refractivity contribution >= 4 is 23.2 Å². The van der Waals surface area contributed by atoms with Crippen molar-refractivity contribution in [1.29, 1.82) is 0 Å². The molecule has 0 unspecified atom stereocenters. The molecule has 0 saturated carbocycles. The molecule has 140 valence electrons. The largest absolute Gasteiger partial charge is 0.493 e. The molecule has 7 nitrogen and oxygen atoms in total. The number of aryl methyl sites for hydroxylation is 1. The van der Waals surface area contributed by atoms with Crippen LogP contribution in [0.1, 0.15) is 21.6 Å². The Bertz CT molecular complexity index is 971. The van der Waals surface area contributed by atoms with Crippen molar-refractivity contribution in [3.63, 3.8) is 0 Å². The topological polar surface area (TPSA) is 78.3 Å². The Kier molecular flexibility index (Phi) is 5.61. The van der Waals surface area contributed by atoms with E-state index in [1.54, 1.807) is 43.4 Å². The number of carbonyl (C=O) groups excluding carboxylic acids is 1. The van der Waals surface area contributed by atoms with Crippen LogP contribution in [0.2, 0.25) is 5.15 Å². The van der Waals surface area contributed by atoms with E-state index in [-0.39, 0.29) is 11.1 Å². The van der Waals surface area contributed by atoms with Gasteiger partial charge in [-0.25, -0.2) is 4.98 Å². The highest BCUT2D eigenvalue weighted by Gasteiger charge is 2.14. The number of halogens is 1. The minimum absolute atomic E-state index is 0.168. The number of pyridine rings is 1. The lowest BCUT2D eigenvalue weighted by molar-refractivity contribution is 0.102. The SMILES string of the molecule is COc1cccc(Cn2cc(NC(=O)c3ccc(C)nc3Cl)cn2)c1OC. The molecule has 0 spiro atoms. The molecule has 2 aromatic heterocycles. The van der Waals surface area contributed by atoms with Crippen molar-refractivity contribution in [1.82, 2.24) is 14.8 Å². The molecule has 0 bridgehead atoms. The molecule has 0 radical (unpaired) electrons. The second-order valence-electron chi connectivity index (χ2n) is 5.82. The molecule has 3 aromatic rings. The monoisotopic (exact) mass is 386 g/mol. The first kappa shape index (κ1) is 18.7. The van der Waals surface area contributed by atoms with Crippen molar-refractivity contribution in [2.75, 3.05) is 19.5 Å². The first-order valence-corrected chi connectivity index (χ1v) is 8.56. The van der Waals surface area contributed by atoms with Crippen LogP contribution in [0.4, 0.5) is 5.69 Å². The Morgan fingerprint density at radius 3 is 2.74 bits per heavy atom. The van der Waals surface area contributed by atoms with Crippen LogP contribution in [-0.4, -0.2) is 34.9 Å². The van der Waals surface area contributed by atoms with Crippen molar-refractivity contribution in [2.24, 2.45) is 0 Å². The smallest absolute Gasteiger partial charge is 0.258 e. The van der Waals surface area contributed by atoms with E-state index in [1.807, 2.05) is 25.1 Å². The van der Waals surface area contributed by atoms with Crippen LogP contribution in [0, 0.1) is 6.92 Å². The standard InChI is InChI=1S/C19H19ClN4O3/c1-12-7-8-15(18(20)22-12)19(25)23-14-9-21-24(11-14)10-13-5-4-6-16(26-2)17(13)27-3/h4-9,11H,10H2,1-3H3,(H,23,25). The van der Waals surface area contributed by atoms with Gasteiger partial charge in [0.25, 0.3) is 5.91 Å². The Labute approximate surface area is 161 Å². The van der Waals surface area contributed by atoms with Gasteiger partial charge >= 0.3 is 0 Å². The Hall–Kier alpha value is -3.06. The van der Waals surface area contributed by atoms with Crippen molar-refractivity contribution in [3.05, 3.63) is 64.7 Å². The number of carbonyl (C=O) groups is 1. The minimum atomic E-state index is -0.342. The normalized spacial score (nSPS) is 10.5. The molecule has 1 amide bonds. The van der Waals surface area contributed by atoms with Crippen LogP contribution < -0.4 is 14.8 Å². The highest BCUT2D eigenvalue weighted by molar-refractivity contribution is 6.33. The summed E-state index contributed by atoms with van der Waals surface area (Å²) in [6, 6.07) is 9.02. The van der Waals surface area contributed by atoms with Gasteiger partial charge in [0.1, 0.15) is 5.15 Å². The van der Waals surface area contributed by atoms with Crippen LogP contribution in [0.25, 0.3) is 0 Å². The summed E-state index contributed by atoms with van der Waals surface area (Å²) < 4.78 is 12.4. The average molecular weight is 387 g/mol. The molecule has 0 atom stereocenters. The zero-order valence-corrected chi connectivity index (χ0v) is 15.9. The predicted molar refractivity (Wildman–Crippen MR) is 103 cm³/mol. The number of nitrogens with one attached hydrogen (secondary N) is 1. The van der Waals surface area contributed by atoms with Gasteiger partial charge in [0.05, 0.1) is 38.2 Å². The first-order chi connectivity index (χ1) is 13.0. The van der Waals surface area contributed by atoms with E-state index in [9.17, 15) is 4.79 Å². The van der Waals surface area contributed by atoms with Gasteiger partial charge in [-0.2, -0.15) is 5.10 Å². The molecular weight excluding hydrogens is 368 g/mol. The molecule has 8 heteroatoms. The molecule has 0 aliphatic carbocycles. The fourth-order valence-corrected chi connectivity index (χ4v) is 2.94. The molecule has 1 N–H and O–H groups in total. The van der Waals surface area contributed by atoms with Crippen molar-refractivity contribution in [2.45, 2.75) is 13.5 Å². The molecular formula is C19H19ClN4O3. The summed E-state index contributed by atoms with van der Waals surface area (Å²) in [5.41, 5.74) is 2.52. The molecule has 0 aliphatic heterocycles. The molecule has 2 heterocycles. The highest BCUT2D eigenvalue weighted by atomic mass is 35.5. The third-order valence-electron chi connectivity index (χ3n) is 3.94. The lowest BCUT2D eigenvalue weighted by Crippen LogP contribution is -2.12. The van der Waals surface area contributed by atoms with Gasteiger partial charge in [-0.3, -0.25) is 9.48 Å². The maximum atomic E-state index is 12.4. The highest BCUT2D eigenvalue weighted by Crippen LogP contribution is 2.31. The number of nitrogens with zero attached hydrogens (tertiary/aromatic N) is 3. The van der Waals surface area contributed by atoms with E-state index in [4.69, 9.17) is 21.1 Å². The summed E-state index contributed by atoms with van der Waals surface area (Å²) in [7, 11) is 3.18. The summed E-state index contributed by atoms with van der Waals surface area (Å²) >= 11 is 6.05. The molecule has 1 aromatic carbocycles. The van der Waals surface area contributed by atoms with Crippen LogP contribution in [-0.2, 0) is 6.54 Å². The second-order valence-corrected chi connectivity index (χ2v) is 6.18. The van der Waals surface area contributed by atoms with Crippen molar-refractivity contribution in [3.8, 4) is 11.5 Å². The summed E-state index contributed by atoms with van der Waals surface area (Å²) in [6.45, 7) is 2.27. The van der Waals surface area contributed by atoms with Gasteiger partial charge in [-0.15, -0.1) is 0 Å². The molecule has 27 heavy (non-hydrogen) atoms. The van der Waals surface area contributed by atoms with E-state index < -0.39 is 0 Å². The summed E-state index contributed by atoms with van der Waals surface area (Å²) in [4.78, 5) is 16.5. The number of ether oxygens (including phenoxy) is 2. The first-order valence-electron chi connectivity index (χ1n) is 8.18. The number of methoxy groups -OCH3 is 2. The number of rotatable bonds is 6. The van der Waals surface area contributed by atoms with Crippen LogP contribution >= 0.6 is 11.6 Å². The number of aromatic nitrogens is 3. The summed E-state index contributed by atoms with van der Waals surface area (Å²) in [6.07, 6.45) is 3.30. The maximum absolute atomic E-state index is 12.4. The number of anilines is 1. The van der Waals surface area contributed by atoms with E-state index in [0.717, 1.165) is 11.3 Å². The van der Waals surface area contributed by atoms with Crippen LogP contribution in [0.15, 0.2) is 42.7 Å². The van der Waals surface area contributed by atoms with Gasteiger partial charge in [0, 0.05) is 17.5 Å². The lowest BCUT2D eigenvalue weighted by atomic mass is 10.2. The number of hydrogen-bond acceptors (Lipinski definition) is 5. The van der Waals surface area contributed by atoms with Gasteiger partial charge in [-0.05, 0) is 25.1 Å². The fraction of sp³-hybridized carbons (Fsp3) is 0.211. The molecule has 0 saturated heterocycles.